The molecule has 1 aromatic rings. The number of rotatable bonds is 5. The number of hydrogen-bond acceptors (Lipinski definition) is 5. The Morgan fingerprint density at radius 1 is 1.53 bits per heavy atom. The molecule has 0 aliphatic heterocycles. The first-order chi connectivity index (χ1) is 8.70. The summed E-state index contributed by atoms with van der Waals surface area (Å²) in [5.74, 6) is -0.370. The van der Waals surface area contributed by atoms with Crippen LogP contribution in [0, 0.1) is 0 Å². The van der Waals surface area contributed by atoms with Crippen LogP contribution in [0.4, 0.5) is 0 Å². The van der Waals surface area contributed by atoms with E-state index in [0.29, 0.717) is 5.82 Å². The van der Waals surface area contributed by atoms with E-state index in [-0.39, 0.29) is 28.9 Å². The van der Waals surface area contributed by atoms with Gasteiger partial charge in [-0.05, 0) is 0 Å². The lowest BCUT2D eigenvalue weighted by Gasteiger charge is -2.08. The first-order valence-electron chi connectivity index (χ1n) is 5.52. The van der Waals surface area contributed by atoms with Gasteiger partial charge in [0.2, 0.25) is 10.0 Å². The number of nitrogens with one attached hydrogen (secondary N) is 1. The third-order valence-corrected chi connectivity index (χ3v) is 3.22. The molecule has 0 aromatic carbocycles. The number of primary sulfonamides is 1. The molecule has 0 aliphatic rings. The highest BCUT2D eigenvalue weighted by molar-refractivity contribution is 7.89. The molecule has 1 amide bonds. The minimum atomic E-state index is -3.61. The summed E-state index contributed by atoms with van der Waals surface area (Å²) in [7, 11) is -3.61. The lowest BCUT2D eigenvalue weighted by molar-refractivity contribution is 0.0951. The molecule has 9 heteroatoms. The fraction of sp³-hybridized carbons (Fsp3) is 0.500. The van der Waals surface area contributed by atoms with Gasteiger partial charge in [0.25, 0.3) is 5.91 Å². The standard InChI is InChI=1S/C10H15ClN4O3S/c1-6(2)9-14-5-7(11)8(15-9)10(16)13-3-4-19(12,17)18/h5-6H,3-4H2,1-2H3,(H,13,16)(H2,12,17,18). The van der Waals surface area contributed by atoms with Crippen molar-refractivity contribution in [2.75, 3.05) is 12.3 Å². The second-order valence-corrected chi connectivity index (χ2v) is 6.34. The SMILES string of the molecule is CC(C)c1ncc(Cl)c(C(=O)NCCS(N)(=O)=O)n1. The van der Waals surface area contributed by atoms with E-state index in [1.165, 1.54) is 6.20 Å². The molecule has 0 fully saturated rings. The van der Waals surface area contributed by atoms with Crippen molar-refractivity contribution in [2.24, 2.45) is 5.14 Å². The predicted octanol–water partition coefficient (Wildman–Crippen LogP) is 0.272. The number of carbonyl (C=O) groups excluding carboxylic acids is 1. The van der Waals surface area contributed by atoms with E-state index in [4.69, 9.17) is 16.7 Å². The lowest BCUT2D eigenvalue weighted by atomic mass is 10.2. The van der Waals surface area contributed by atoms with Crippen LogP contribution in [0.5, 0.6) is 0 Å². The quantitative estimate of drug-likeness (QED) is 0.810. The Kier molecular flexibility index (Phi) is 5.21. The van der Waals surface area contributed by atoms with Gasteiger partial charge in [-0.15, -0.1) is 0 Å². The normalized spacial score (nSPS) is 11.6. The van der Waals surface area contributed by atoms with Crippen molar-refractivity contribution in [1.82, 2.24) is 15.3 Å². The van der Waals surface area contributed by atoms with Gasteiger partial charge in [0, 0.05) is 12.5 Å². The average molecular weight is 307 g/mol. The molecule has 0 spiro atoms. The van der Waals surface area contributed by atoms with Gasteiger partial charge in [0.1, 0.15) is 11.5 Å². The Balaban J connectivity index is 2.79. The summed E-state index contributed by atoms with van der Waals surface area (Å²) in [5, 5.41) is 7.32. The van der Waals surface area contributed by atoms with Crippen LogP contribution in [0.25, 0.3) is 0 Å². The molecule has 0 unspecified atom stereocenters. The molecular weight excluding hydrogens is 292 g/mol. The molecule has 1 heterocycles. The zero-order valence-corrected chi connectivity index (χ0v) is 12.1. The van der Waals surface area contributed by atoms with Gasteiger partial charge in [-0.25, -0.2) is 23.5 Å². The number of nitrogens with zero attached hydrogens (tertiary/aromatic N) is 2. The van der Waals surface area contributed by atoms with Crippen LogP contribution in [0.15, 0.2) is 6.20 Å². The maximum Gasteiger partial charge on any atom is 0.271 e. The van der Waals surface area contributed by atoms with Crippen molar-refractivity contribution in [3.63, 3.8) is 0 Å². The van der Waals surface area contributed by atoms with Gasteiger partial charge in [-0.2, -0.15) is 0 Å². The average Bonchev–Trinajstić information content (AvgIpc) is 2.27. The maximum absolute atomic E-state index is 11.8. The number of hydrogen-bond donors (Lipinski definition) is 2. The monoisotopic (exact) mass is 306 g/mol. The van der Waals surface area contributed by atoms with Crippen molar-refractivity contribution in [3.8, 4) is 0 Å². The highest BCUT2D eigenvalue weighted by Gasteiger charge is 2.15. The van der Waals surface area contributed by atoms with Crippen molar-refractivity contribution < 1.29 is 13.2 Å². The Hall–Kier alpha value is -1.25. The summed E-state index contributed by atoms with van der Waals surface area (Å²) in [6.45, 7) is 3.66. The molecule has 3 N–H and O–H groups in total. The molecule has 1 rings (SSSR count). The Labute approximate surface area is 116 Å². The van der Waals surface area contributed by atoms with Crippen LogP contribution in [0.2, 0.25) is 5.02 Å². The van der Waals surface area contributed by atoms with Gasteiger partial charge in [0.05, 0.1) is 17.0 Å². The van der Waals surface area contributed by atoms with E-state index in [9.17, 15) is 13.2 Å². The number of nitrogens with two attached hydrogens (primary N) is 1. The van der Waals surface area contributed by atoms with Crippen LogP contribution >= 0.6 is 11.6 Å². The topological polar surface area (TPSA) is 115 Å². The van der Waals surface area contributed by atoms with Gasteiger partial charge >= 0.3 is 0 Å². The Bertz CT molecular complexity index is 574. The fourth-order valence-corrected chi connectivity index (χ4v) is 1.77. The van der Waals surface area contributed by atoms with Gasteiger partial charge in [-0.3, -0.25) is 4.79 Å². The van der Waals surface area contributed by atoms with E-state index < -0.39 is 15.9 Å². The number of amides is 1. The first kappa shape index (κ1) is 15.8. The van der Waals surface area contributed by atoms with E-state index >= 15 is 0 Å². The van der Waals surface area contributed by atoms with Crippen LogP contribution in [0.3, 0.4) is 0 Å². The van der Waals surface area contributed by atoms with E-state index in [1.807, 2.05) is 13.8 Å². The highest BCUT2D eigenvalue weighted by Crippen LogP contribution is 2.16. The van der Waals surface area contributed by atoms with E-state index in [1.54, 1.807) is 0 Å². The first-order valence-corrected chi connectivity index (χ1v) is 7.61. The summed E-state index contributed by atoms with van der Waals surface area (Å²) < 4.78 is 21.5. The predicted molar refractivity (Wildman–Crippen MR) is 71.4 cm³/mol. The number of aromatic nitrogens is 2. The maximum atomic E-state index is 11.8. The summed E-state index contributed by atoms with van der Waals surface area (Å²) >= 11 is 5.84. The van der Waals surface area contributed by atoms with Gasteiger partial charge in [0.15, 0.2) is 0 Å². The second-order valence-electron chi connectivity index (χ2n) is 4.20. The van der Waals surface area contributed by atoms with E-state index in [2.05, 4.69) is 15.3 Å². The molecule has 106 valence electrons. The molecular formula is C10H15ClN4O3S. The van der Waals surface area contributed by atoms with Crippen LogP contribution in [-0.4, -0.2) is 36.6 Å². The fourth-order valence-electron chi connectivity index (χ4n) is 1.21. The molecule has 7 nitrogen and oxygen atoms in total. The molecule has 0 radical (unpaired) electrons. The number of carbonyl (C=O) groups is 1. The lowest BCUT2D eigenvalue weighted by Crippen LogP contribution is -2.32. The summed E-state index contributed by atoms with van der Waals surface area (Å²) in [6.07, 6.45) is 1.35. The summed E-state index contributed by atoms with van der Waals surface area (Å²) in [4.78, 5) is 19.9. The zero-order valence-electron chi connectivity index (χ0n) is 10.6. The smallest absolute Gasteiger partial charge is 0.271 e. The molecule has 0 saturated carbocycles. The van der Waals surface area contributed by atoms with Crippen molar-refractivity contribution >= 4 is 27.5 Å². The Morgan fingerprint density at radius 3 is 2.68 bits per heavy atom. The minimum Gasteiger partial charge on any atom is -0.350 e. The third kappa shape index (κ3) is 5.09. The third-order valence-electron chi connectivity index (χ3n) is 2.17. The summed E-state index contributed by atoms with van der Waals surface area (Å²) in [6, 6.07) is 0. The van der Waals surface area contributed by atoms with Crippen molar-refractivity contribution in [1.29, 1.82) is 0 Å². The number of sulfonamides is 1. The van der Waals surface area contributed by atoms with Crippen LogP contribution < -0.4 is 10.5 Å². The van der Waals surface area contributed by atoms with E-state index in [0.717, 1.165) is 0 Å². The van der Waals surface area contributed by atoms with Crippen molar-refractivity contribution in [2.45, 2.75) is 19.8 Å². The van der Waals surface area contributed by atoms with Gasteiger partial charge in [-0.1, -0.05) is 25.4 Å². The summed E-state index contributed by atoms with van der Waals surface area (Å²) in [5.41, 5.74) is 0.0230. The molecule has 0 saturated heterocycles. The number of halogens is 1. The molecule has 1 aromatic heterocycles. The van der Waals surface area contributed by atoms with Crippen LogP contribution in [-0.2, 0) is 10.0 Å². The molecule has 0 aliphatic carbocycles. The largest absolute Gasteiger partial charge is 0.350 e. The molecule has 0 atom stereocenters. The van der Waals surface area contributed by atoms with Gasteiger partial charge < -0.3 is 5.32 Å². The molecule has 19 heavy (non-hydrogen) atoms. The van der Waals surface area contributed by atoms with Crippen molar-refractivity contribution in [3.05, 3.63) is 22.7 Å². The highest BCUT2D eigenvalue weighted by atomic mass is 35.5. The van der Waals surface area contributed by atoms with Crippen LogP contribution in [0.1, 0.15) is 36.1 Å². The molecule has 0 bridgehead atoms. The second kappa shape index (κ2) is 6.27. The minimum absolute atomic E-state index is 0.0230. The zero-order chi connectivity index (χ0) is 14.6. The Morgan fingerprint density at radius 2 is 2.16 bits per heavy atom.